The van der Waals surface area contributed by atoms with E-state index >= 15 is 0 Å². The quantitative estimate of drug-likeness (QED) is 0.686. The van der Waals surface area contributed by atoms with Crippen LogP contribution in [0.15, 0.2) is 24.3 Å². The number of nitrogens with one attached hydrogen (secondary N) is 1. The molecule has 128 valence electrons. The molecule has 0 saturated carbocycles. The van der Waals surface area contributed by atoms with E-state index in [-0.39, 0.29) is 31.6 Å². The number of carbonyl (C=O) groups excluding carboxylic acids is 1. The molecule has 0 aliphatic heterocycles. The molecular formula is C17H25NO5. The van der Waals surface area contributed by atoms with Crippen molar-refractivity contribution in [2.75, 3.05) is 20.3 Å². The van der Waals surface area contributed by atoms with Crippen LogP contribution in [0, 0.1) is 5.92 Å². The summed E-state index contributed by atoms with van der Waals surface area (Å²) < 4.78 is 10.5. The minimum Gasteiger partial charge on any atom is -0.496 e. The first-order chi connectivity index (χ1) is 11.0. The number of carboxylic acids is 1. The number of methoxy groups -OCH3 is 1. The Morgan fingerprint density at radius 2 is 2.00 bits per heavy atom. The molecule has 0 spiro atoms. The Labute approximate surface area is 136 Å². The van der Waals surface area contributed by atoms with Gasteiger partial charge in [0.1, 0.15) is 12.4 Å². The Hall–Kier alpha value is -2.08. The first-order valence-corrected chi connectivity index (χ1v) is 7.70. The van der Waals surface area contributed by atoms with E-state index in [9.17, 15) is 14.7 Å². The summed E-state index contributed by atoms with van der Waals surface area (Å²) in [6.45, 7) is 3.84. The average molecular weight is 323 g/mol. The van der Waals surface area contributed by atoms with Gasteiger partial charge in [-0.2, -0.15) is 0 Å². The fourth-order valence-electron chi connectivity index (χ4n) is 2.01. The predicted octanol–water partition coefficient (Wildman–Crippen LogP) is 1.87. The first-order valence-electron chi connectivity index (χ1n) is 7.70. The normalized spacial score (nSPS) is 13.2. The second-order valence-corrected chi connectivity index (χ2v) is 5.39. The Morgan fingerprint density at radius 3 is 2.61 bits per heavy atom. The number of carbonyl (C=O) groups is 2. The van der Waals surface area contributed by atoms with Gasteiger partial charge >= 0.3 is 5.97 Å². The molecule has 2 N–H and O–H groups in total. The lowest BCUT2D eigenvalue weighted by Crippen LogP contribution is -2.36. The number of hydrogen-bond acceptors (Lipinski definition) is 4. The van der Waals surface area contributed by atoms with Gasteiger partial charge in [0.2, 0.25) is 5.91 Å². The number of aliphatic carboxylic acids is 1. The summed E-state index contributed by atoms with van der Waals surface area (Å²) in [5.74, 6) is -1.35. The third kappa shape index (κ3) is 6.69. The van der Waals surface area contributed by atoms with Crippen molar-refractivity contribution in [2.45, 2.75) is 32.8 Å². The summed E-state index contributed by atoms with van der Waals surface area (Å²) in [4.78, 5) is 23.1. The maximum atomic E-state index is 11.7. The molecule has 0 aliphatic rings. The van der Waals surface area contributed by atoms with Crippen LogP contribution in [0.4, 0.5) is 0 Å². The van der Waals surface area contributed by atoms with Crippen LogP contribution in [0.2, 0.25) is 0 Å². The highest BCUT2D eigenvalue weighted by atomic mass is 16.5. The lowest BCUT2D eigenvalue weighted by molar-refractivity contribution is -0.141. The van der Waals surface area contributed by atoms with Crippen molar-refractivity contribution in [1.29, 1.82) is 0 Å². The van der Waals surface area contributed by atoms with E-state index in [0.29, 0.717) is 5.75 Å². The third-order valence-corrected chi connectivity index (χ3v) is 3.63. The minimum absolute atomic E-state index is 0.00426. The monoisotopic (exact) mass is 323 g/mol. The topological polar surface area (TPSA) is 84.9 Å². The summed E-state index contributed by atoms with van der Waals surface area (Å²) in [6, 6.07) is 7.26. The maximum Gasteiger partial charge on any atom is 0.308 e. The van der Waals surface area contributed by atoms with Crippen molar-refractivity contribution in [3.05, 3.63) is 29.8 Å². The lowest BCUT2D eigenvalue weighted by atomic mass is 9.98. The highest BCUT2D eigenvalue weighted by molar-refractivity contribution is 5.78. The maximum absolute atomic E-state index is 11.7. The zero-order chi connectivity index (χ0) is 17.2. The molecule has 1 aromatic rings. The molecule has 0 bridgehead atoms. The summed E-state index contributed by atoms with van der Waals surface area (Å²) >= 11 is 0. The molecular weight excluding hydrogens is 298 g/mol. The van der Waals surface area contributed by atoms with E-state index in [1.807, 2.05) is 32.0 Å². The van der Waals surface area contributed by atoms with Crippen molar-refractivity contribution in [2.24, 2.45) is 5.92 Å². The van der Waals surface area contributed by atoms with Crippen molar-refractivity contribution in [1.82, 2.24) is 5.32 Å². The van der Waals surface area contributed by atoms with Crippen molar-refractivity contribution >= 4 is 11.9 Å². The van der Waals surface area contributed by atoms with Gasteiger partial charge in [-0.1, -0.05) is 25.1 Å². The number of hydrogen-bond donors (Lipinski definition) is 2. The van der Waals surface area contributed by atoms with Gasteiger partial charge in [0.25, 0.3) is 0 Å². The molecule has 0 heterocycles. The molecule has 6 nitrogen and oxygen atoms in total. The molecule has 0 saturated heterocycles. The molecule has 1 rings (SSSR count). The van der Waals surface area contributed by atoms with Crippen LogP contribution in [0.5, 0.6) is 5.75 Å². The van der Waals surface area contributed by atoms with Crippen molar-refractivity contribution < 1.29 is 24.2 Å². The van der Waals surface area contributed by atoms with Crippen molar-refractivity contribution in [3.63, 3.8) is 0 Å². The minimum atomic E-state index is -0.959. The van der Waals surface area contributed by atoms with Crippen LogP contribution in [0.25, 0.3) is 0 Å². The molecule has 1 amide bonds. The van der Waals surface area contributed by atoms with Gasteiger partial charge in [-0.05, 0) is 31.4 Å². The number of carboxylic acid groups (broad SMARTS) is 1. The number of benzene rings is 1. The Balaban J connectivity index is 2.56. The predicted molar refractivity (Wildman–Crippen MR) is 86.5 cm³/mol. The molecule has 2 atom stereocenters. The van der Waals surface area contributed by atoms with E-state index in [1.165, 1.54) is 0 Å². The number of amides is 1. The van der Waals surface area contributed by atoms with Crippen LogP contribution in [0.1, 0.15) is 25.8 Å². The Kier molecular flexibility index (Phi) is 8.11. The van der Waals surface area contributed by atoms with Gasteiger partial charge in [0.05, 0.1) is 19.1 Å². The van der Waals surface area contributed by atoms with Gasteiger partial charge in [-0.15, -0.1) is 0 Å². The van der Waals surface area contributed by atoms with E-state index in [2.05, 4.69) is 5.32 Å². The number of ether oxygens (including phenoxy) is 2. The van der Waals surface area contributed by atoms with E-state index in [1.54, 1.807) is 13.2 Å². The second-order valence-electron chi connectivity index (χ2n) is 5.39. The summed E-state index contributed by atoms with van der Waals surface area (Å²) in [5, 5.41) is 12.0. The fraction of sp³-hybridized carbons (Fsp3) is 0.529. The third-order valence-electron chi connectivity index (χ3n) is 3.63. The highest BCUT2D eigenvalue weighted by Crippen LogP contribution is 2.20. The molecule has 0 aromatic heterocycles. The summed E-state index contributed by atoms with van der Waals surface area (Å²) in [5.41, 5.74) is 0.799. The smallest absolute Gasteiger partial charge is 0.308 e. The van der Waals surface area contributed by atoms with Crippen LogP contribution in [-0.4, -0.2) is 43.3 Å². The highest BCUT2D eigenvalue weighted by Gasteiger charge is 2.20. The average Bonchev–Trinajstić information content (AvgIpc) is 2.56. The largest absolute Gasteiger partial charge is 0.496 e. The molecule has 0 radical (unpaired) electrons. The summed E-state index contributed by atoms with van der Waals surface area (Å²) in [7, 11) is 1.54. The standard InChI is InChI=1S/C17H25NO5/c1-4-12(2)23-11-16(19)18-10-14(17(20)21)9-13-7-5-6-8-15(13)22-3/h5-8,12,14H,4,9-11H2,1-3H3,(H,18,19)(H,20,21). The first kappa shape index (κ1) is 19.0. The second kappa shape index (κ2) is 9.84. The van der Waals surface area contributed by atoms with Gasteiger partial charge < -0.3 is 19.9 Å². The van der Waals surface area contributed by atoms with Crippen molar-refractivity contribution in [3.8, 4) is 5.75 Å². The van der Waals surface area contributed by atoms with Crippen LogP contribution >= 0.6 is 0 Å². The Morgan fingerprint density at radius 1 is 1.30 bits per heavy atom. The van der Waals surface area contributed by atoms with E-state index < -0.39 is 11.9 Å². The van der Waals surface area contributed by atoms with Gasteiger partial charge in [-0.3, -0.25) is 9.59 Å². The molecule has 2 unspecified atom stereocenters. The SMILES string of the molecule is CCC(C)OCC(=O)NCC(Cc1ccccc1OC)C(=O)O. The van der Waals surface area contributed by atoms with Gasteiger partial charge in [0, 0.05) is 6.54 Å². The molecule has 0 aliphatic carbocycles. The zero-order valence-corrected chi connectivity index (χ0v) is 13.9. The lowest BCUT2D eigenvalue weighted by Gasteiger charge is -2.16. The zero-order valence-electron chi connectivity index (χ0n) is 13.9. The molecule has 0 fully saturated rings. The fourth-order valence-corrected chi connectivity index (χ4v) is 2.01. The summed E-state index contributed by atoms with van der Waals surface area (Å²) in [6.07, 6.45) is 1.11. The van der Waals surface area contributed by atoms with Crippen LogP contribution in [-0.2, 0) is 20.7 Å². The molecule has 23 heavy (non-hydrogen) atoms. The molecule has 1 aromatic carbocycles. The van der Waals surface area contributed by atoms with Gasteiger partial charge in [0.15, 0.2) is 0 Å². The molecule has 6 heteroatoms. The van der Waals surface area contributed by atoms with E-state index in [0.717, 1.165) is 12.0 Å². The van der Waals surface area contributed by atoms with Crippen LogP contribution in [0.3, 0.4) is 0 Å². The number of para-hydroxylation sites is 1. The number of rotatable bonds is 10. The van der Waals surface area contributed by atoms with Gasteiger partial charge in [-0.25, -0.2) is 0 Å². The Bertz CT molecular complexity index is 517. The van der Waals surface area contributed by atoms with Crippen LogP contribution < -0.4 is 10.1 Å². The van der Waals surface area contributed by atoms with E-state index in [4.69, 9.17) is 9.47 Å².